The summed E-state index contributed by atoms with van der Waals surface area (Å²) in [7, 11) is 0. The summed E-state index contributed by atoms with van der Waals surface area (Å²) >= 11 is 0. The maximum atomic E-state index is 11.9. The SMILES string of the molecule is Cc1cc2cn(C3CN(C(=O)OC(C)(C)C)C3)nc2cc1N. The highest BCUT2D eigenvalue weighted by Gasteiger charge is 2.35. The van der Waals surface area contributed by atoms with Gasteiger partial charge in [0.1, 0.15) is 5.60 Å². The van der Waals surface area contributed by atoms with E-state index in [4.69, 9.17) is 10.5 Å². The number of amides is 1. The number of hydrogen-bond acceptors (Lipinski definition) is 4. The van der Waals surface area contributed by atoms with Gasteiger partial charge in [0.25, 0.3) is 0 Å². The monoisotopic (exact) mass is 302 g/mol. The smallest absolute Gasteiger partial charge is 0.410 e. The standard InChI is InChI=1S/C16H22N4O2/c1-10-5-11-7-20(18-14(11)6-13(10)17)12-8-19(9-12)15(21)22-16(2,3)4/h5-7,12H,8-9,17H2,1-4H3. The quantitative estimate of drug-likeness (QED) is 0.822. The van der Waals surface area contributed by atoms with Crippen LogP contribution in [-0.2, 0) is 4.74 Å². The zero-order valence-electron chi connectivity index (χ0n) is 13.5. The van der Waals surface area contributed by atoms with Gasteiger partial charge in [-0.15, -0.1) is 0 Å². The molecule has 0 aliphatic carbocycles. The van der Waals surface area contributed by atoms with Crippen LogP contribution in [0.2, 0.25) is 0 Å². The molecule has 1 fully saturated rings. The fourth-order valence-corrected chi connectivity index (χ4v) is 2.51. The van der Waals surface area contributed by atoms with E-state index in [-0.39, 0.29) is 12.1 Å². The van der Waals surface area contributed by atoms with Gasteiger partial charge in [0.15, 0.2) is 0 Å². The summed E-state index contributed by atoms with van der Waals surface area (Å²) in [5.41, 5.74) is 8.15. The van der Waals surface area contributed by atoms with E-state index in [1.807, 2.05) is 50.7 Å². The molecule has 1 aliphatic rings. The average Bonchev–Trinajstić information content (AvgIpc) is 2.67. The molecule has 118 valence electrons. The minimum Gasteiger partial charge on any atom is -0.444 e. The molecule has 1 amide bonds. The number of hydrogen-bond donors (Lipinski definition) is 1. The van der Waals surface area contributed by atoms with Crippen LogP contribution in [0.4, 0.5) is 10.5 Å². The number of rotatable bonds is 1. The molecule has 6 heteroatoms. The number of carbonyl (C=O) groups is 1. The zero-order chi connectivity index (χ0) is 16.1. The lowest BCUT2D eigenvalue weighted by Gasteiger charge is -2.39. The Morgan fingerprint density at radius 3 is 2.68 bits per heavy atom. The molecule has 0 spiro atoms. The van der Waals surface area contributed by atoms with Crippen LogP contribution in [0.1, 0.15) is 32.4 Å². The van der Waals surface area contributed by atoms with Crippen molar-refractivity contribution >= 4 is 22.7 Å². The number of fused-ring (bicyclic) bond motifs is 1. The number of benzene rings is 1. The first kappa shape index (κ1) is 14.7. The van der Waals surface area contributed by atoms with Crippen LogP contribution < -0.4 is 5.73 Å². The second-order valence-electron chi connectivity index (χ2n) is 6.92. The van der Waals surface area contributed by atoms with Crippen molar-refractivity contribution in [3.63, 3.8) is 0 Å². The molecule has 22 heavy (non-hydrogen) atoms. The van der Waals surface area contributed by atoms with Gasteiger partial charge in [-0.25, -0.2) is 4.79 Å². The van der Waals surface area contributed by atoms with Crippen molar-refractivity contribution in [1.82, 2.24) is 14.7 Å². The van der Waals surface area contributed by atoms with E-state index in [9.17, 15) is 4.79 Å². The fourth-order valence-electron chi connectivity index (χ4n) is 2.51. The Hall–Kier alpha value is -2.24. The van der Waals surface area contributed by atoms with Crippen LogP contribution in [-0.4, -0.2) is 39.5 Å². The first-order valence-corrected chi connectivity index (χ1v) is 7.46. The Bertz CT molecular complexity index is 685. The van der Waals surface area contributed by atoms with Gasteiger partial charge in [-0.3, -0.25) is 4.68 Å². The lowest BCUT2D eigenvalue weighted by molar-refractivity contribution is -0.000292. The van der Waals surface area contributed by atoms with E-state index in [1.165, 1.54) is 0 Å². The molecule has 6 nitrogen and oxygen atoms in total. The largest absolute Gasteiger partial charge is 0.444 e. The number of carbonyl (C=O) groups excluding carboxylic acids is 1. The molecular formula is C16H22N4O2. The van der Waals surface area contributed by atoms with Crippen molar-refractivity contribution in [2.75, 3.05) is 18.8 Å². The second kappa shape index (κ2) is 4.90. The maximum absolute atomic E-state index is 11.9. The maximum Gasteiger partial charge on any atom is 0.410 e. The summed E-state index contributed by atoms with van der Waals surface area (Å²) in [6.45, 7) is 8.84. The summed E-state index contributed by atoms with van der Waals surface area (Å²) in [5.74, 6) is 0. The van der Waals surface area contributed by atoms with Gasteiger partial charge in [-0.05, 0) is 45.4 Å². The number of nitrogen functional groups attached to an aromatic ring is 1. The number of nitrogens with two attached hydrogens (primary N) is 1. The van der Waals surface area contributed by atoms with E-state index in [0.29, 0.717) is 13.1 Å². The number of aryl methyl sites for hydroxylation is 1. The molecule has 0 saturated carbocycles. The van der Waals surface area contributed by atoms with Crippen molar-refractivity contribution in [2.24, 2.45) is 0 Å². The van der Waals surface area contributed by atoms with E-state index < -0.39 is 5.60 Å². The Morgan fingerprint density at radius 2 is 2.05 bits per heavy atom. The van der Waals surface area contributed by atoms with Crippen LogP contribution in [0, 0.1) is 6.92 Å². The van der Waals surface area contributed by atoms with Crippen LogP contribution in [0.5, 0.6) is 0 Å². The van der Waals surface area contributed by atoms with Crippen molar-refractivity contribution in [3.8, 4) is 0 Å². The molecule has 3 rings (SSSR count). The van der Waals surface area contributed by atoms with Crippen LogP contribution in [0.25, 0.3) is 10.9 Å². The minimum absolute atomic E-state index is 0.196. The molecule has 1 saturated heterocycles. The van der Waals surface area contributed by atoms with Crippen molar-refractivity contribution in [2.45, 2.75) is 39.3 Å². The summed E-state index contributed by atoms with van der Waals surface area (Å²) < 4.78 is 7.28. The topological polar surface area (TPSA) is 73.4 Å². The van der Waals surface area contributed by atoms with Gasteiger partial charge in [-0.2, -0.15) is 5.10 Å². The van der Waals surface area contributed by atoms with Crippen molar-refractivity contribution < 1.29 is 9.53 Å². The third kappa shape index (κ3) is 2.73. The fraction of sp³-hybridized carbons (Fsp3) is 0.500. The number of ether oxygens (including phenoxy) is 1. The normalized spacial score (nSPS) is 15.9. The van der Waals surface area contributed by atoms with E-state index in [1.54, 1.807) is 4.90 Å². The molecule has 0 atom stereocenters. The van der Waals surface area contributed by atoms with Gasteiger partial charge >= 0.3 is 6.09 Å². The lowest BCUT2D eigenvalue weighted by Crippen LogP contribution is -2.52. The highest BCUT2D eigenvalue weighted by Crippen LogP contribution is 2.26. The Balaban J connectivity index is 1.69. The van der Waals surface area contributed by atoms with Crippen LogP contribution >= 0.6 is 0 Å². The van der Waals surface area contributed by atoms with Gasteiger partial charge in [0, 0.05) is 30.4 Å². The van der Waals surface area contributed by atoms with Gasteiger partial charge in [0.05, 0.1) is 11.6 Å². The molecule has 1 aromatic carbocycles. The average molecular weight is 302 g/mol. The summed E-state index contributed by atoms with van der Waals surface area (Å²) in [6.07, 6.45) is 1.75. The molecule has 2 aromatic rings. The van der Waals surface area contributed by atoms with Crippen LogP contribution in [0.15, 0.2) is 18.3 Å². The summed E-state index contributed by atoms with van der Waals surface area (Å²) in [4.78, 5) is 13.6. The predicted octanol–water partition coefficient (Wildman–Crippen LogP) is 2.72. The highest BCUT2D eigenvalue weighted by atomic mass is 16.6. The Morgan fingerprint density at radius 1 is 1.36 bits per heavy atom. The van der Waals surface area contributed by atoms with Crippen molar-refractivity contribution in [3.05, 3.63) is 23.9 Å². The van der Waals surface area contributed by atoms with Gasteiger partial charge < -0.3 is 15.4 Å². The highest BCUT2D eigenvalue weighted by molar-refractivity contribution is 5.83. The van der Waals surface area contributed by atoms with Gasteiger partial charge in [0.2, 0.25) is 0 Å². The van der Waals surface area contributed by atoms with E-state index >= 15 is 0 Å². The molecule has 0 unspecified atom stereocenters. The minimum atomic E-state index is -0.461. The number of anilines is 1. The van der Waals surface area contributed by atoms with E-state index in [0.717, 1.165) is 22.2 Å². The lowest BCUT2D eigenvalue weighted by atomic mass is 10.1. The molecule has 0 radical (unpaired) electrons. The summed E-state index contributed by atoms with van der Waals surface area (Å²) in [5, 5.41) is 5.63. The Labute approximate surface area is 129 Å². The molecule has 1 aliphatic heterocycles. The molecule has 2 heterocycles. The Kier molecular flexibility index (Phi) is 3.27. The third-order valence-electron chi connectivity index (χ3n) is 3.80. The number of aromatic nitrogens is 2. The number of nitrogens with zero attached hydrogens (tertiary/aromatic N) is 3. The first-order chi connectivity index (χ1) is 10.2. The molecule has 2 N–H and O–H groups in total. The predicted molar refractivity (Wildman–Crippen MR) is 85.7 cm³/mol. The molecule has 1 aromatic heterocycles. The van der Waals surface area contributed by atoms with Gasteiger partial charge in [-0.1, -0.05) is 0 Å². The third-order valence-corrected chi connectivity index (χ3v) is 3.80. The number of likely N-dealkylation sites (tertiary alicyclic amines) is 1. The van der Waals surface area contributed by atoms with E-state index in [2.05, 4.69) is 5.10 Å². The zero-order valence-corrected chi connectivity index (χ0v) is 13.5. The first-order valence-electron chi connectivity index (χ1n) is 7.46. The summed E-state index contributed by atoms with van der Waals surface area (Å²) in [6, 6.07) is 4.13. The van der Waals surface area contributed by atoms with Crippen molar-refractivity contribution in [1.29, 1.82) is 0 Å². The second-order valence-corrected chi connectivity index (χ2v) is 6.92. The molecule has 0 bridgehead atoms. The molecular weight excluding hydrogens is 280 g/mol. The van der Waals surface area contributed by atoms with Crippen LogP contribution in [0.3, 0.4) is 0 Å².